The number of likely N-dealkylation sites (N-methyl/N-ethyl adjacent to an activating group) is 1. The van der Waals surface area contributed by atoms with E-state index in [0.717, 1.165) is 0 Å². The number of halogens is 1. The Kier molecular flexibility index (Phi) is 6.86. The van der Waals surface area contributed by atoms with Gasteiger partial charge in [0.1, 0.15) is 17.5 Å². The minimum Gasteiger partial charge on any atom is -0.497 e. The fraction of sp³-hybridized carbons (Fsp3) is 0.500. The quantitative estimate of drug-likeness (QED) is 0.851. The Morgan fingerprint density at radius 2 is 1.83 bits per heavy atom. The van der Waals surface area contributed by atoms with Gasteiger partial charge in [0.05, 0.1) is 25.9 Å². The second kappa shape index (κ2) is 8.21. The number of nitrogens with two attached hydrogens (primary N) is 1. The molecule has 0 spiro atoms. The second-order valence-corrected chi connectivity index (χ2v) is 5.60. The second-order valence-electron chi connectivity index (χ2n) is 5.60. The van der Waals surface area contributed by atoms with E-state index in [1.165, 1.54) is 4.90 Å². The SMILES string of the molecule is COc1cc(OC)cc(N2CCC(N(C)C(=O)[C@@H](C)N)C2=O)c1.Cl. The maximum absolute atomic E-state index is 12.7. The third-order valence-electron chi connectivity index (χ3n) is 4.03. The van der Waals surface area contributed by atoms with Crippen molar-refractivity contribution in [3.05, 3.63) is 18.2 Å². The van der Waals surface area contributed by atoms with Crippen molar-refractivity contribution in [1.82, 2.24) is 4.90 Å². The van der Waals surface area contributed by atoms with Crippen LogP contribution in [0.5, 0.6) is 11.5 Å². The molecule has 24 heavy (non-hydrogen) atoms. The third kappa shape index (κ3) is 3.91. The first-order valence-corrected chi connectivity index (χ1v) is 7.45. The molecule has 1 aromatic carbocycles. The molecule has 1 saturated heterocycles. The molecule has 1 unspecified atom stereocenters. The van der Waals surface area contributed by atoms with E-state index >= 15 is 0 Å². The molecule has 0 radical (unpaired) electrons. The number of methoxy groups -OCH3 is 2. The van der Waals surface area contributed by atoms with Gasteiger partial charge in [-0.15, -0.1) is 12.4 Å². The molecule has 0 aliphatic carbocycles. The van der Waals surface area contributed by atoms with Crippen LogP contribution < -0.4 is 20.1 Å². The van der Waals surface area contributed by atoms with Crippen molar-refractivity contribution in [2.75, 3.05) is 32.7 Å². The molecule has 7 nitrogen and oxygen atoms in total. The van der Waals surface area contributed by atoms with Crippen LogP contribution in [0.1, 0.15) is 13.3 Å². The molecule has 1 aliphatic rings. The summed E-state index contributed by atoms with van der Waals surface area (Å²) in [4.78, 5) is 27.8. The van der Waals surface area contributed by atoms with Crippen LogP contribution in [0.2, 0.25) is 0 Å². The van der Waals surface area contributed by atoms with Crippen LogP contribution in [0, 0.1) is 0 Å². The highest BCUT2D eigenvalue weighted by Gasteiger charge is 2.38. The van der Waals surface area contributed by atoms with Crippen molar-refractivity contribution < 1.29 is 19.1 Å². The molecule has 2 atom stereocenters. The molecule has 2 N–H and O–H groups in total. The number of nitrogens with zero attached hydrogens (tertiary/aromatic N) is 2. The number of carbonyl (C=O) groups excluding carboxylic acids is 2. The summed E-state index contributed by atoms with van der Waals surface area (Å²) >= 11 is 0. The van der Waals surface area contributed by atoms with E-state index < -0.39 is 12.1 Å². The van der Waals surface area contributed by atoms with E-state index in [2.05, 4.69) is 0 Å². The first-order valence-electron chi connectivity index (χ1n) is 7.45. The molecular weight excluding hydrogens is 334 g/mol. The molecular formula is C16H24ClN3O4. The van der Waals surface area contributed by atoms with Crippen molar-refractivity contribution >= 4 is 29.9 Å². The van der Waals surface area contributed by atoms with Crippen LogP contribution in [0.4, 0.5) is 5.69 Å². The minimum absolute atomic E-state index is 0. The van der Waals surface area contributed by atoms with Gasteiger partial charge >= 0.3 is 0 Å². The normalized spacial score (nSPS) is 18.0. The monoisotopic (exact) mass is 357 g/mol. The van der Waals surface area contributed by atoms with E-state index in [0.29, 0.717) is 30.2 Å². The van der Waals surface area contributed by atoms with Gasteiger partial charge in [0.25, 0.3) is 0 Å². The highest BCUT2D eigenvalue weighted by molar-refractivity contribution is 6.01. The van der Waals surface area contributed by atoms with Gasteiger partial charge in [-0.25, -0.2) is 0 Å². The molecule has 8 heteroatoms. The topological polar surface area (TPSA) is 85.1 Å². The maximum Gasteiger partial charge on any atom is 0.249 e. The van der Waals surface area contributed by atoms with Crippen molar-refractivity contribution in [1.29, 1.82) is 0 Å². The van der Waals surface area contributed by atoms with Gasteiger partial charge in [-0.05, 0) is 13.3 Å². The lowest BCUT2D eigenvalue weighted by atomic mass is 10.2. The molecule has 0 aromatic heterocycles. The highest BCUT2D eigenvalue weighted by Crippen LogP contribution is 2.31. The zero-order valence-corrected chi connectivity index (χ0v) is 15.1. The zero-order valence-electron chi connectivity index (χ0n) is 14.3. The maximum atomic E-state index is 12.7. The average Bonchev–Trinajstić information content (AvgIpc) is 2.94. The van der Waals surface area contributed by atoms with Gasteiger partial charge in [-0.3, -0.25) is 9.59 Å². The van der Waals surface area contributed by atoms with Crippen LogP contribution >= 0.6 is 12.4 Å². The summed E-state index contributed by atoms with van der Waals surface area (Å²) in [7, 11) is 4.73. The van der Waals surface area contributed by atoms with Gasteiger partial charge in [0, 0.05) is 31.8 Å². The standard InChI is InChI=1S/C16H23N3O4.ClH/c1-10(17)15(20)18(2)14-5-6-19(16(14)21)11-7-12(22-3)9-13(8-11)23-4;/h7-10,14H,5-6,17H2,1-4H3;1H/t10-,14?;/m1./s1. The molecule has 2 amide bonds. The lowest BCUT2D eigenvalue weighted by molar-refractivity contribution is -0.137. The number of amides is 2. The smallest absolute Gasteiger partial charge is 0.249 e. The number of hydrogen-bond acceptors (Lipinski definition) is 5. The number of benzene rings is 1. The average molecular weight is 358 g/mol. The molecule has 2 rings (SSSR count). The van der Waals surface area contributed by atoms with Gasteiger partial charge < -0.3 is 25.0 Å². The van der Waals surface area contributed by atoms with Crippen LogP contribution in [-0.2, 0) is 9.59 Å². The predicted octanol–water partition coefficient (Wildman–Crippen LogP) is 1.04. The van der Waals surface area contributed by atoms with Crippen LogP contribution in [0.15, 0.2) is 18.2 Å². The molecule has 0 saturated carbocycles. The van der Waals surface area contributed by atoms with E-state index in [9.17, 15) is 9.59 Å². The first kappa shape index (κ1) is 20.1. The van der Waals surface area contributed by atoms with E-state index in [4.69, 9.17) is 15.2 Å². The van der Waals surface area contributed by atoms with E-state index in [1.807, 2.05) is 0 Å². The number of ether oxygens (including phenoxy) is 2. The summed E-state index contributed by atoms with van der Waals surface area (Å²) in [5.41, 5.74) is 6.31. The number of hydrogen-bond donors (Lipinski definition) is 1. The van der Waals surface area contributed by atoms with Gasteiger partial charge in [0.15, 0.2) is 0 Å². The summed E-state index contributed by atoms with van der Waals surface area (Å²) in [6.07, 6.45) is 0.563. The van der Waals surface area contributed by atoms with Crippen LogP contribution in [0.25, 0.3) is 0 Å². The fourth-order valence-corrected chi connectivity index (χ4v) is 2.70. The van der Waals surface area contributed by atoms with Gasteiger partial charge in [-0.1, -0.05) is 0 Å². The lowest BCUT2D eigenvalue weighted by Crippen LogP contribution is -2.48. The molecule has 1 fully saturated rings. The van der Waals surface area contributed by atoms with Gasteiger partial charge in [-0.2, -0.15) is 0 Å². The molecule has 134 valence electrons. The molecule has 1 aromatic rings. The summed E-state index contributed by atoms with van der Waals surface area (Å²) < 4.78 is 10.5. The number of carbonyl (C=O) groups is 2. The predicted molar refractivity (Wildman–Crippen MR) is 94.0 cm³/mol. The van der Waals surface area contributed by atoms with Crippen LogP contribution in [0.3, 0.4) is 0 Å². The summed E-state index contributed by atoms with van der Waals surface area (Å²) in [6, 6.07) is 4.17. The first-order chi connectivity index (χ1) is 10.9. The van der Waals surface area contributed by atoms with Gasteiger partial charge in [0.2, 0.25) is 11.8 Å². The molecule has 1 heterocycles. The zero-order chi connectivity index (χ0) is 17.1. The Balaban J connectivity index is 0.00000288. The Morgan fingerprint density at radius 3 is 2.29 bits per heavy atom. The van der Waals surface area contributed by atoms with Crippen molar-refractivity contribution in [3.63, 3.8) is 0 Å². The third-order valence-corrected chi connectivity index (χ3v) is 4.03. The Bertz CT molecular complexity index is 587. The Hall–Kier alpha value is -1.99. The summed E-state index contributed by atoms with van der Waals surface area (Å²) in [5, 5.41) is 0. The Labute approximate surface area is 148 Å². The van der Waals surface area contributed by atoms with Crippen LogP contribution in [-0.4, -0.2) is 56.6 Å². The van der Waals surface area contributed by atoms with E-state index in [-0.39, 0.29) is 24.2 Å². The Morgan fingerprint density at radius 1 is 1.29 bits per heavy atom. The van der Waals surface area contributed by atoms with Crippen molar-refractivity contribution in [3.8, 4) is 11.5 Å². The lowest BCUT2D eigenvalue weighted by Gasteiger charge is -2.25. The largest absolute Gasteiger partial charge is 0.497 e. The minimum atomic E-state index is -0.626. The van der Waals surface area contributed by atoms with Crippen molar-refractivity contribution in [2.24, 2.45) is 5.73 Å². The van der Waals surface area contributed by atoms with E-state index in [1.54, 1.807) is 51.3 Å². The van der Waals surface area contributed by atoms with Crippen molar-refractivity contribution in [2.45, 2.75) is 25.4 Å². The molecule has 1 aliphatic heterocycles. The summed E-state index contributed by atoms with van der Waals surface area (Å²) in [6.45, 7) is 2.14. The number of anilines is 1. The summed E-state index contributed by atoms with van der Waals surface area (Å²) in [5.74, 6) is 0.844. The number of rotatable bonds is 5. The highest BCUT2D eigenvalue weighted by atomic mass is 35.5. The fourth-order valence-electron chi connectivity index (χ4n) is 2.70. The molecule has 0 bridgehead atoms.